The second-order valence-corrected chi connectivity index (χ2v) is 7.89. The Morgan fingerprint density at radius 3 is 2.36 bits per heavy atom. The van der Waals surface area contributed by atoms with Crippen molar-refractivity contribution in [3.8, 4) is 23.0 Å². The summed E-state index contributed by atoms with van der Waals surface area (Å²) < 4.78 is 12.3. The van der Waals surface area contributed by atoms with Crippen LogP contribution in [0.3, 0.4) is 0 Å². The zero-order valence-electron chi connectivity index (χ0n) is 17.2. The molecule has 0 unspecified atom stereocenters. The predicted octanol–water partition coefficient (Wildman–Crippen LogP) is 3.02. The first-order valence-corrected chi connectivity index (χ1v) is 10.2. The van der Waals surface area contributed by atoms with Gasteiger partial charge < -0.3 is 24.3 Å². The Morgan fingerprint density at radius 1 is 0.848 bits per heavy atom. The van der Waals surface area contributed by atoms with E-state index in [4.69, 9.17) is 9.47 Å². The lowest BCUT2D eigenvalue weighted by Crippen LogP contribution is -2.29. The number of phenolic OH excluding ortho intramolecular Hbond substituents is 2. The van der Waals surface area contributed by atoms with Gasteiger partial charge in [0.25, 0.3) is 11.8 Å². The fourth-order valence-corrected chi connectivity index (χ4v) is 4.32. The van der Waals surface area contributed by atoms with Crippen molar-refractivity contribution >= 4 is 22.8 Å². The average molecular weight is 443 g/mol. The zero-order valence-corrected chi connectivity index (χ0v) is 17.2. The number of ether oxygens (including phenoxy) is 2. The van der Waals surface area contributed by atoms with E-state index in [0.29, 0.717) is 23.6 Å². The van der Waals surface area contributed by atoms with Crippen molar-refractivity contribution in [1.82, 2.24) is 14.5 Å². The topological polar surface area (TPSA) is 114 Å². The molecule has 1 aromatic heterocycles. The molecule has 4 aromatic rings. The summed E-state index contributed by atoms with van der Waals surface area (Å²) in [6, 6.07) is 14.6. The van der Waals surface area contributed by atoms with Crippen LogP contribution >= 0.6 is 0 Å². The number of amides is 2. The predicted molar refractivity (Wildman–Crippen MR) is 115 cm³/mol. The number of phenols is 2. The highest BCUT2D eigenvalue weighted by Crippen LogP contribution is 2.44. The van der Waals surface area contributed by atoms with E-state index < -0.39 is 17.6 Å². The number of fused-ring (bicyclic) bond motifs is 3. The molecule has 0 saturated carbocycles. The summed E-state index contributed by atoms with van der Waals surface area (Å²) in [7, 11) is 0. The van der Waals surface area contributed by atoms with Crippen molar-refractivity contribution in [3.63, 3.8) is 0 Å². The largest absolute Gasteiger partial charge is 0.505 e. The van der Waals surface area contributed by atoms with E-state index in [1.54, 1.807) is 22.8 Å². The van der Waals surface area contributed by atoms with E-state index in [-0.39, 0.29) is 41.2 Å². The molecule has 0 aliphatic carbocycles. The molecule has 0 saturated heterocycles. The number of hydrogen-bond donors (Lipinski definition) is 2. The number of imidazole rings is 1. The van der Waals surface area contributed by atoms with Crippen LogP contribution in [-0.2, 0) is 13.1 Å². The van der Waals surface area contributed by atoms with Crippen LogP contribution < -0.4 is 9.47 Å². The third kappa shape index (κ3) is 2.82. The lowest BCUT2D eigenvalue weighted by molar-refractivity contribution is 0.0640. The van der Waals surface area contributed by atoms with Crippen molar-refractivity contribution in [2.45, 2.75) is 13.1 Å². The van der Waals surface area contributed by atoms with E-state index in [9.17, 15) is 19.8 Å². The van der Waals surface area contributed by atoms with Crippen LogP contribution in [0.4, 0.5) is 0 Å². The molecule has 0 radical (unpaired) electrons. The van der Waals surface area contributed by atoms with Gasteiger partial charge in [-0.3, -0.25) is 14.5 Å². The van der Waals surface area contributed by atoms with Crippen LogP contribution in [0.2, 0.25) is 0 Å². The highest BCUT2D eigenvalue weighted by atomic mass is 16.7. The van der Waals surface area contributed by atoms with Gasteiger partial charge in [-0.25, -0.2) is 4.98 Å². The average Bonchev–Trinajstić information content (AvgIpc) is 3.51. The molecule has 9 heteroatoms. The maximum Gasteiger partial charge on any atom is 0.265 e. The fourth-order valence-electron chi connectivity index (χ4n) is 4.32. The van der Waals surface area contributed by atoms with E-state index in [2.05, 4.69) is 4.98 Å². The highest BCUT2D eigenvalue weighted by Gasteiger charge is 2.42. The van der Waals surface area contributed by atoms with Gasteiger partial charge in [0.1, 0.15) is 22.2 Å². The van der Waals surface area contributed by atoms with Gasteiger partial charge in [-0.05, 0) is 23.3 Å². The zero-order chi connectivity index (χ0) is 22.7. The summed E-state index contributed by atoms with van der Waals surface area (Å²) in [6.07, 6.45) is 1.46. The third-order valence-corrected chi connectivity index (χ3v) is 5.90. The maximum atomic E-state index is 13.2. The van der Waals surface area contributed by atoms with Gasteiger partial charge in [0.15, 0.2) is 23.0 Å². The molecule has 2 N–H and O–H groups in total. The Balaban J connectivity index is 1.41. The summed E-state index contributed by atoms with van der Waals surface area (Å²) >= 11 is 0. The Hall–Kier alpha value is -4.53. The Labute approximate surface area is 187 Å². The number of nitrogens with zero attached hydrogens (tertiary/aromatic N) is 3. The fraction of sp³-hybridized carbons (Fsp3) is 0.125. The normalized spacial score (nSPS) is 14.4. The number of hydrogen-bond acceptors (Lipinski definition) is 7. The molecule has 9 nitrogen and oxygen atoms in total. The number of carbonyl (C=O) groups is 2. The molecular weight excluding hydrogens is 426 g/mol. The van der Waals surface area contributed by atoms with Gasteiger partial charge in [-0.15, -0.1) is 0 Å². The summed E-state index contributed by atoms with van der Waals surface area (Å²) in [5.41, 5.74) is 1.39. The number of rotatable bonds is 4. The molecule has 0 bridgehead atoms. The van der Waals surface area contributed by atoms with Crippen LogP contribution in [-0.4, -0.2) is 43.3 Å². The second-order valence-electron chi connectivity index (χ2n) is 7.89. The SMILES string of the molecule is O=C1c2c(c(O)c3c(ncn3Cc3ccccc3)c2O)C(=O)N1Cc1ccc2c(c1)OCO2. The van der Waals surface area contributed by atoms with Gasteiger partial charge in [-0.1, -0.05) is 36.4 Å². The van der Waals surface area contributed by atoms with Crippen LogP contribution in [0, 0.1) is 0 Å². The Morgan fingerprint density at radius 2 is 1.58 bits per heavy atom. The van der Waals surface area contributed by atoms with Crippen molar-refractivity contribution < 1.29 is 29.3 Å². The molecule has 164 valence electrons. The summed E-state index contributed by atoms with van der Waals surface area (Å²) in [6.45, 7) is 0.425. The van der Waals surface area contributed by atoms with Gasteiger partial charge in [0, 0.05) is 6.54 Å². The lowest BCUT2D eigenvalue weighted by Gasteiger charge is -2.14. The Bertz CT molecular complexity index is 1460. The quantitative estimate of drug-likeness (QED) is 0.368. The third-order valence-electron chi connectivity index (χ3n) is 5.90. The van der Waals surface area contributed by atoms with Crippen molar-refractivity contribution in [2.75, 3.05) is 6.79 Å². The maximum absolute atomic E-state index is 13.2. The Kier molecular flexibility index (Phi) is 4.06. The minimum Gasteiger partial charge on any atom is -0.505 e. The van der Waals surface area contributed by atoms with E-state index in [1.165, 1.54) is 6.33 Å². The first-order chi connectivity index (χ1) is 16.0. The van der Waals surface area contributed by atoms with Crippen LogP contribution in [0.15, 0.2) is 54.9 Å². The number of imide groups is 1. The summed E-state index contributed by atoms with van der Waals surface area (Å²) in [5.74, 6) is -1.06. The van der Waals surface area contributed by atoms with Gasteiger partial charge >= 0.3 is 0 Å². The molecule has 3 aromatic carbocycles. The molecule has 3 heterocycles. The van der Waals surface area contributed by atoms with Gasteiger partial charge in [-0.2, -0.15) is 0 Å². The number of aromatic nitrogens is 2. The molecule has 2 amide bonds. The van der Waals surface area contributed by atoms with Crippen molar-refractivity contribution in [2.24, 2.45) is 0 Å². The van der Waals surface area contributed by atoms with Gasteiger partial charge in [0.2, 0.25) is 6.79 Å². The van der Waals surface area contributed by atoms with Crippen LogP contribution in [0.1, 0.15) is 31.8 Å². The number of carbonyl (C=O) groups excluding carboxylic acids is 2. The molecule has 0 fully saturated rings. The minimum absolute atomic E-state index is 0.0521. The van der Waals surface area contributed by atoms with Crippen LogP contribution in [0.5, 0.6) is 23.0 Å². The van der Waals surface area contributed by atoms with Crippen LogP contribution in [0.25, 0.3) is 11.0 Å². The van der Waals surface area contributed by atoms with E-state index in [1.807, 2.05) is 30.3 Å². The monoisotopic (exact) mass is 443 g/mol. The number of benzene rings is 3. The lowest BCUT2D eigenvalue weighted by atomic mass is 10.1. The first-order valence-electron chi connectivity index (χ1n) is 10.2. The van der Waals surface area contributed by atoms with Gasteiger partial charge in [0.05, 0.1) is 12.9 Å². The van der Waals surface area contributed by atoms with E-state index in [0.717, 1.165) is 10.5 Å². The molecule has 6 rings (SSSR count). The molecule has 0 spiro atoms. The molecule has 2 aliphatic rings. The minimum atomic E-state index is -0.694. The summed E-state index contributed by atoms with van der Waals surface area (Å²) in [4.78, 5) is 31.5. The summed E-state index contributed by atoms with van der Waals surface area (Å²) in [5, 5.41) is 21.9. The van der Waals surface area contributed by atoms with Crippen molar-refractivity contribution in [3.05, 3.63) is 77.1 Å². The standard InChI is InChI=1S/C24H17N3O6/c28-21-17-18(22(29)20-19(21)25-11-26(20)9-13-4-2-1-3-5-13)24(31)27(23(17)30)10-14-6-7-15-16(8-14)33-12-32-15/h1-8,11,28-29H,9-10,12H2. The molecule has 2 aliphatic heterocycles. The molecule has 0 atom stereocenters. The van der Waals surface area contributed by atoms with Crippen molar-refractivity contribution in [1.29, 1.82) is 0 Å². The highest BCUT2D eigenvalue weighted by molar-refractivity contribution is 6.26. The first kappa shape index (κ1) is 19.2. The smallest absolute Gasteiger partial charge is 0.265 e. The van der Waals surface area contributed by atoms with E-state index >= 15 is 0 Å². The molecular formula is C24H17N3O6. The second kappa shape index (κ2) is 6.99. The molecule has 33 heavy (non-hydrogen) atoms. The number of aromatic hydroxyl groups is 2.